The van der Waals surface area contributed by atoms with Crippen LogP contribution in [-0.2, 0) is 6.18 Å². The van der Waals surface area contributed by atoms with Crippen molar-refractivity contribution < 1.29 is 31.9 Å². The van der Waals surface area contributed by atoms with Crippen LogP contribution >= 0.6 is 0 Å². The Kier molecular flexibility index (Phi) is 7.57. The van der Waals surface area contributed by atoms with Crippen LogP contribution in [0.15, 0.2) is 78.9 Å². The lowest BCUT2D eigenvalue weighted by atomic mass is 10.1. The molecule has 3 aromatic carbocycles. The standard InChI is InChI=1S/C31H27F4N3O3/c1-20-25(19-28(21-7-6-10-24(18-21)41-2)38(20)27-12-4-3-11-26(27)32)30(40)37-15-13-36(14-16-37)29(39)22-8-5-9-23(17-22)31(33,34)35/h3-12,17-19H,13-16H2,1-2H3. The smallest absolute Gasteiger partial charge is 0.416 e. The van der Waals surface area contributed by atoms with Gasteiger partial charge in [0.15, 0.2) is 0 Å². The molecule has 5 rings (SSSR count). The molecule has 2 amide bonds. The van der Waals surface area contributed by atoms with Gasteiger partial charge in [-0.1, -0.05) is 30.3 Å². The lowest BCUT2D eigenvalue weighted by molar-refractivity contribution is -0.137. The maximum atomic E-state index is 15.0. The van der Waals surface area contributed by atoms with Crippen molar-refractivity contribution in [3.8, 4) is 22.7 Å². The number of para-hydroxylation sites is 1. The number of alkyl halides is 3. The Labute approximate surface area is 234 Å². The van der Waals surface area contributed by atoms with Crippen molar-refractivity contribution in [1.82, 2.24) is 14.4 Å². The number of hydrogen-bond donors (Lipinski definition) is 0. The highest BCUT2D eigenvalue weighted by molar-refractivity contribution is 5.98. The predicted molar refractivity (Wildman–Crippen MR) is 146 cm³/mol. The number of piperazine rings is 1. The molecular weight excluding hydrogens is 538 g/mol. The van der Waals surface area contributed by atoms with Crippen LogP contribution in [0.2, 0.25) is 0 Å². The maximum Gasteiger partial charge on any atom is 0.416 e. The molecule has 1 aromatic heterocycles. The molecule has 1 saturated heterocycles. The number of rotatable bonds is 5. The first-order chi connectivity index (χ1) is 19.6. The van der Waals surface area contributed by atoms with Gasteiger partial charge < -0.3 is 19.1 Å². The normalized spacial score (nSPS) is 13.8. The van der Waals surface area contributed by atoms with E-state index in [0.717, 1.165) is 17.7 Å². The van der Waals surface area contributed by atoms with Crippen LogP contribution in [0, 0.1) is 12.7 Å². The van der Waals surface area contributed by atoms with Gasteiger partial charge in [-0.05, 0) is 55.5 Å². The van der Waals surface area contributed by atoms with Crippen LogP contribution in [0.3, 0.4) is 0 Å². The molecule has 41 heavy (non-hydrogen) atoms. The molecule has 0 radical (unpaired) electrons. The molecule has 10 heteroatoms. The first-order valence-electron chi connectivity index (χ1n) is 13.0. The van der Waals surface area contributed by atoms with Crippen LogP contribution in [0.4, 0.5) is 17.6 Å². The second-order valence-corrected chi connectivity index (χ2v) is 9.71. The Morgan fingerprint density at radius 2 is 1.46 bits per heavy atom. The number of hydrogen-bond acceptors (Lipinski definition) is 3. The number of carbonyl (C=O) groups is 2. The van der Waals surface area contributed by atoms with E-state index in [1.807, 2.05) is 12.1 Å². The summed E-state index contributed by atoms with van der Waals surface area (Å²) in [6.45, 7) is 2.47. The summed E-state index contributed by atoms with van der Waals surface area (Å²) in [5.74, 6) is -0.648. The molecule has 0 saturated carbocycles. The van der Waals surface area contributed by atoms with E-state index in [4.69, 9.17) is 4.74 Å². The van der Waals surface area contributed by atoms with Crippen molar-refractivity contribution >= 4 is 11.8 Å². The fourth-order valence-electron chi connectivity index (χ4n) is 5.06. The highest BCUT2D eigenvalue weighted by atomic mass is 19.4. The van der Waals surface area contributed by atoms with E-state index in [0.29, 0.717) is 28.4 Å². The van der Waals surface area contributed by atoms with Gasteiger partial charge in [0.1, 0.15) is 11.6 Å². The molecule has 0 N–H and O–H groups in total. The van der Waals surface area contributed by atoms with E-state index in [9.17, 15) is 27.2 Å². The van der Waals surface area contributed by atoms with Crippen molar-refractivity contribution in [2.45, 2.75) is 13.1 Å². The maximum absolute atomic E-state index is 15.0. The largest absolute Gasteiger partial charge is 0.497 e. The van der Waals surface area contributed by atoms with Crippen molar-refractivity contribution in [2.75, 3.05) is 33.3 Å². The van der Waals surface area contributed by atoms with Crippen LogP contribution in [0.5, 0.6) is 5.75 Å². The van der Waals surface area contributed by atoms with E-state index in [-0.39, 0.29) is 37.6 Å². The fraction of sp³-hybridized carbons (Fsp3) is 0.226. The van der Waals surface area contributed by atoms with Gasteiger partial charge in [-0.15, -0.1) is 0 Å². The zero-order chi connectivity index (χ0) is 29.3. The lowest BCUT2D eigenvalue weighted by Crippen LogP contribution is -2.50. The lowest BCUT2D eigenvalue weighted by Gasteiger charge is -2.35. The van der Waals surface area contributed by atoms with Gasteiger partial charge in [0.25, 0.3) is 11.8 Å². The molecule has 0 spiro atoms. The molecule has 0 aliphatic carbocycles. The SMILES string of the molecule is COc1cccc(-c2cc(C(=O)N3CCN(C(=O)c4cccc(C(F)(F)F)c4)CC3)c(C)n2-c2ccccc2F)c1. The minimum atomic E-state index is -4.55. The topological polar surface area (TPSA) is 54.8 Å². The van der Waals surface area contributed by atoms with E-state index in [1.54, 1.807) is 59.9 Å². The van der Waals surface area contributed by atoms with Crippen molar-refractivity contribution in [3.05, 3.63) is 107 Å². The molecule has 1 fully saturated rings. The molecule has 0 bridgehead atoms. The third kappa shape index (κ3) is 5.54. The van der Waals surface area contributed by atoms with Crippen LogP contribution in [0.1, 0.15) is 32.0 Å². The molecule has 1 aliphatic heterocycles. The predicted octanol–water partition coefficient (Wildman–Crippen LogP) is 6.22. The number of carbonyl (C=O) groups excluding carboxylic acids is 2. The summed E-state index contributed by atoms with van der Waals surface area (Å²) in [6.07, 6.45) is -4.55. The molecule has 4 aromatic rings. The average Bonchev–Trinajstić information content (AvgIpc) is 3.33. The molecule has 1 aliphatic rings. The third-order valence-corrected chi connectivity index (χ3v) is 7.23. The molecule has 0 atom stereocenters. The number of halogens is 4. The average molecular weight is 566 g/mol. The first-order valence-corrected chi connectivity index (χ1v) is 13.0. The molecule has 0 unspecified atom stereocenters. The Hall–Kier alpha value is -4.60. The third-order valence-electron chi connectivity index (χ3n) is 7.23. The molecule has 2 heterocycles. The minimum absolute atomic E-state index is 0.0552. The number of amides is 2. The minimum Gasteiger partial charge on any atom is -0.497 e. The highest BCUT2D eigenvalue weighted by Gasteiger charge is 2.32. The van der Waals surface area contributed by atoms with E-state index >= 15 is 0 Å². The summed E-state index contributed by atoms with van der Waals surface area (Å²) in [5, 5.41) is 0. The highest BCUT2D eigenvalue weighted by Crippen LogP contribution is 2.33. The summed E-state index contributed by atoms with van der Waals surface area (Å²) in [4.78, 5) is 29.7. The van der Waals surface area contributed by atoms with Crippen LogP contribution in [0.25, 0.3) is 16.9 Å². The van der Waals surface area contributed by atoms with Crippen molar-refractivity contribution in [2.24, 2.45) is 0 Å². The molecule has 212 valence electrons. The number of methoxy groups -OCH3 is 1. The van der Waals surface area contributed by atoms with Crippen LogP contribution < -0.4 is 4.74 Å². The monoisotopic (exact) mass is 565 g/mol. The zero-order valence-electron chi connectivity index (χ0n) is 22.4. The Morgan fingerprint density at radius 1 is 0.805 bits per heavy atom. The molecule has 6 nitrogen and oxygen atoms in total. The van der Waals surface area contributed by atoms with Crippen molar-refractivity contribution in [3.63, 3.8) is 0 Å². The summed E-state index contributed by atoms with van der Waals surface area (Å²) >= 11 is 0. The number of benzene rings is 3. The summed E-state index contributed by atoms with van der Waals surface area (Å²) in [6, 6.07) is 19.6. The quantitative estimate of drug-likeness (QED) is 0.270. The summed E-state index contributed by atoms with van der Waals surface area (Å²) < 4.78 is 61.4. The van der Waals surface area contributed by atoms with E-state index in [1.165, 1.54) is 23.1 Å². The van der Waals surface area contributed by atoms with E-state index in [2.05, 4.69) is 0 Å². The second kappa shape index (κ2) is 11.1. The van der Waals surface area contributed by atoms with Gasteiger partial charge in [-0.2, -0.15) is 13.2 Å². The fourth-order valence-corrected chi connectivity index (χ4v) is 5.06. The summed E-state index contributed by atoms with van der Waals surface area (Å²) in [5.41, 5.74) is 1.60. The Balaban J connectivity index is 1.41. The Morgan fingerprint density at radius 3 is 2.12 bits per heavy atom. The zero-order valence-corrected chi connectivity index (χ0v) is 22.4. The van der Waals surface area contributed by atoms with E-state index < -0.39 is 23.5 Å². The Bertz CT molecular complexity index is 1600. The van der Waals surface area contributed by atoms with Gasteiger partial charge in [0.2, 0.25) is 0 Å². The number of aromatic nitrogens is 1. The van der Waals surface area contributed by atoms with Crippen molar-refractivity contribution in [1.29, 1.82) is 0 Å². The second-order valence-electron chi connectivity index (χ2n) is 9.71. The molecular formula is C31H27F4N3O3. The van der Waals surface area contributed by atoms with Crippen LogP contribution in [-0.4, -0.2) is 59.5 Å². The van der Waals surface area contributed by atoms with Gasteiger partial charge in [0, 0.05) is 43.0 Å². The number of ether oxygens (including phenoxy) is 1. The first kappa shape index (κ1) is 27.9. The van der Waals surface area contributed by atoms with Gasteiger partial charge in [-0.3, -0.25) is 9.59 Å². The van der Waals surface area contributed by atoms with Gasteiger partial charge in [-0.25, -0.2) is 4.39 Å². The summed E-state index contributed by atoms with van der Waals surface area (Å²) in [7, 11) is 1.55. The van der Waals surface area contributed by atoms with Gasteiger partial charge >= 0.3 is 6.18 Å². The van der Waals surface area contributed by atoms with Gasteiger partial charge in [0.05, 0.1) is 29.6 Å². The number of nitrogens with zero attached hydrogens (tertiary/aromatic N) is 3.